The summed E-state index contributed by atoms with van der Waals surface area (Å²) in [6, 6.07) is -0.399. The molecule has 0 bridgehead atoms. The number of ketones is 1. The Morgan fingerprint density at radius 2 is 2.27 bits per heavy atom. The van der Waals surface area contributed by atoms with E-state index in [4.69, 9.17) is 5.73 Å². The van der Waals surface area contributed by atoms with Crippen molar-refractivity contribution >= 4 is 5.78 Å². The van der Waals surface area contributed by atoms with Gasteiger partial charge in [-0.25, -0.2) is 0 Å². The molecule has 1 unspecified atom stereocenters. The molecule has 0 fully saturated rings. The van der Waals surface area contributed by atoms with Crippen LogP contribution in [0.25, 0.3) is 0 Å². The fourth-order valence-electron chi connectivity index (χ4n) is 0.740. The van der Waals surface area contributed by atoms with Gasteiger partial charge >= 0.3 is 0 Å². The summed E-state index contributed by atoms with van der Waals surface area (Å²) in [6.07, 6.45) is 2.59. The molecule has 0 saturated carbocycles. The molecule has 0 radical (unpaired) electrons. The number of nitrogens with two attached hydrogens (primary N) is 1. The highest BCUT2D eigenvalue weighted by atomic mass is 16.1. The Bertz CT molecular complexity index is 172. The standard InChI is InChI=1S/C9H15NO/c1-4-5-8(10)9(11)6-7(2)3/h4,8H,1-2,5-6,10H2,3H3. The Kier molecular flexibility index (Phi) is 4.46. The van der Waals surface area contributed by atoms with Crippen LogP contribution in [0.4, 0.5) is 0 Å². The van der Waals surface area contributed by atoms with Gasteiger partial charge in [0.25, 0.3) is 0 Å². The van der Waals surface area contributed by atoms with Crippen LogP contribution in [0.1, 0.15) is 19.8 Å². The zero-order chi connectivity index (χ0) is 8.85. The molecule has 2 N–H and O–H groups in total. The Balaban J connectivity index is 3.82. The van der Waals surface area contributed by atoms with Crippen LogP contribution < -0.4 is 5.73 Å². The monoisotopic (exact) mass is 153 g/mol. The molecule has 0 spiro atoms. The van der Waals surface area contributed by atoms with Gasteiger partial charge in [-0.15, -0.1) is 6.58 Å². The quantitative estimate of drug-likeness (QED) is 0.607. The van der Waals surface area contributed by atoms with Crippen LogP contribution in [0.5, 0.6) is 0 Å². The van der Waals surface area contributed by atoms with Gasteiger partial charge < -0.3 is 5.73 Å². The first kappa shape index (κ1) is 10.1. The Labute approximate surface area is 67.8 Å². The predicted molar refractivity (Wildman–Crippen MR) is 47.2 cm³/mol. The zero-order valence-corrected chi connectivity index (χ0v) is 6.97. The number of carbonyl (C=O) groups is 1. The van der Waals surface area contributed by atoms with Gasteiger partial charge in [0.1, 0.15) is 0 Å². The summed E-state index contributed by atoms with van der Waals surface area (Å²) < 4.78 is 0. The third kappa shape index (κ3) is 4.51. The van der Waals surface area contributed by atoms with E-state index in [1.54, 1.807) is 6.08 Å². The lowest BCUT2D eigenvalue weighted by Crippen LogP contribution is -2.29. The second-order valence-electron chi connectivity index (χ2n) is 2.73. The fourth-order valence-corrected chi connectivity index (χ4v) is 0.740. The van der Waals surface area contributed by atoms with Crippen LogP contribution in [-0.2, 0) is 4.79 Å². The predicted octanol–water partition coefficient (Wildman–Crippen LogP) is 1.43. The van der Waals surface area contributed by atoms with Crippen molar-refractivity contribution in [3.63, 3.8) is 0 Å². The molecule has 11 heavy (non-hydrogen) atoms. The van der Waals surface area contributed by atoms with Crippen molar-refractivity contribution in [2.24, 2.45) is 5.73 Å². The SMILES string of the molecule is C=CCC(N)C(=O)CC(=C)C. The van der Waals surface area contributed by atoms with Crippen LogP contribution in [-0.4, -0.2) is 11.8 Å². The van der Waals surface area contributed by atoms with Gasteiger partial charge in [0, 0.05) is 6.42 Å². The van der Waals surface area contributed by atoms with Crippen LogP contribution in [0.3, 0.4) is 0 Å². The van der Waals surface area contributed by atoms with Crippen molar-refractivity contribution in [2.45, 2.75) is 25.8 Å². The van der Waals surface area contributed by atoms with Crippen molar-refractivity contribution in [3.8, 4) is 0 Å². The van der Waals surface area contributed by atoms with Gasteiger partial charge in [0.15, 0.2) is 5.78 Å². The molecule has 0 aromatic rings. The largest absolute Gasteiger partial charge is 0.321 e. The lowest BCUT2D eigenvalue weighted by molar-refractivity contribution is -0.119. The Hall–Kier alpha value is -0.890. The maximum absolute atomic E-state index is 11.1. The van der Waals surface area contributed by atoms with E-state index in [-0.39, 0.29) is 5.78 Å². The summed E-state index contributed by atoms with van der Waals surface area (Å²) in [5.41, 5.74) is 6.37. The van der Waals surface area contributed by atoms with Crippen molar-refractivity contribution in [3.05, 3.63) is 24.8 Å². The average Bonchev–Trinajstić information content (AvgIpc) is 1.86. The van der Waals surface area contributed by atoms with Crippen LogP contribution >= 0.6 is 0 Å². The van der Waals surface area contributed by atoms with Crippen molar-refractivity contribution < 1.29 is 4.79 Å². The summed E-state index contributed by atoms with van der Waals surface area (Å²) >= 11 is 0. The van der Waals surface area contributed by atoms with Crippen molar-refractivity contribution in [1.82, 2.24) is 0 Å². The number of carbonyl (C=O) groups excluding carboxylic acids is 1. The highest BCUT2D eigenvalue weighted by Gasteiger charge is 2.10. The molecule has 0 aliphatic rings. The highest BCUT2D eigenvalue weighted by molar-refractivity contribution is 5.85. The summed E-state index contributed by atoms with van der Waals surface area (Å²) in [6.45, 7) is 8.96. The van der Waals surface area contributed by atoms with Crippen molar-refractivity contribution in [1.29, 1.82) is 0 Å². The number of hydrogen-bond donors (Lipinski definition) is 1. The molecule has 0 heterocycles. The fraction of sp³-hybridized carbons (Fsp3) is 0.444. The van der Waals surface area contributed by atoms with E-state index in [1.807, 2.05) is 6.92 Å². The summed E-state index contributed by atoms with van der Waals surface area (Å²) in [4.78, 5) is 11.1. The first-order chi connectivity index (χ1) is 5.07. The van der Waals surface area contributed by atoms with Crippen LogP contribution in [0.15, 0.2) is 24.8 Å². The van der Waals surface area contributed by atoms with E-state index in [2.05, 4.69) is 13.2 Å². The van der Waals surface area contributed by atoms with E-state index in [0.29, 0.717) is 12.8 Å². The second-order valence-corrected chi connectivity index (χ2v) is 2.73. The van der Waals surface area contributed by atoms with E-state index >= 15 is 0 Å². The molecule has 0 aliphatic heterocycles. The third-order valence-electron chi connectivity index (χ3n) is 1.31. The zero-order valence-electron chi connectivity index (χ0n) is 6.97. The molecule has 0 aromatic heterocycles. The highest BCUT2D eigenvalue weighted by Crippen LogP contribution is 2.01. The third-order valence-corrected chi connectivity index (χ3v) is 1.31. The summed E-state index contributed by atoms with van der Waals surface area (Å²) in [5.74, 6) is 0.0393. The van der Waals surface area contributed by atoms with E-state index < -0.39 is 6.04 Å². The topological polar surface area (TPSA) is 43.1 Å². The molecule has 1 atom stereocenters. The summed E-state index contributed by atoms with van der Waals surface area (Å²) in [7, 11) is 0. The van der Waals surface area contributed by atoms with Crippen LogP contribution in [0, 0.1) is 0 Å². The first-order valence-corrected chi connectivity index (χ1v) is 3.61. The Morgan fingerprint density at radius 1 is 1.73 bits per heavy atom. The second kappa shape index (κ2) is 4.85. The van der Waals surface area contributed by atoms with Crippen molar-refractivity contribution in [2.75, 3.05) is 0 Å². The molecular formula is C9H15NO. The molecule has 0 aromatic carbocycles. The minimum absolute atomic E-state index is 0.0393. The molecular weight excluding hydrogens is 138 g/mol. The molecule has 0 amide bonds. The number of allylic oxidation sites excluding steroid dienone is 1. The minimum Gasteiger partial charge on any atom is -0.321 e. The number of rotatable bonds is 5. The molecule has 2 heteroatoms. The maximum Gasteiger partial charge on any atom is 0.153 e. The molecule has 0 rings (SSSR count). The van der Waals surface area contributed by atoms with E-state index in [9.17, 15) is 4.79 Å². The smallest absolute Gasteiger partial charge is 0.153 e. The van der Waals surface area contributed by atoms with Crippen LogP contribution in [0.2, 0.25) is 0 Å². The maximum atomic E-state index is 11.1. The molecule has 0 saturated heterocycles. The van der Waals surface area contributed by atoms with Gasteiger partial charge in [-0.1, -0.05) is 18.2 Å². The van der Waals surface area contributed by atoms with E-state index in [1.165, 1.54) is 0 Å². The van der Waals surface area contributed by atoms with Gasteiger partial charge in [-0.3, -0.25) is 4.79 Å². The minimum atomic E-state index is -0.399. The first-order valence-electron chi connectivity index (χ1n) is 3.61. The van der Waals surface area contributed by atoms with Gasteiger partial charge in [-0.05, 0) is 13.3 Å². The molecule has 62 valence electrons. The molecule has 0 aliphatic carbocycles. The molecule has 2 nitrogen and oxygen atoms in total. The number of hydrogen-bond acceptors (Lipinski definition) is 2. The van der Waals surface area contributed by atoms with E-state index in [0.717, 1.165) is 5.57 Å². The van der Waals surface area contributed by atoms with Gasteiger partial charge in [0.2, 0.25) is 0 Å². The van der Waals surface area contributed by atoms with Gasteiger partial charge in [0.05, 0.1) is 6.04 Å². The lowest BCUT2D eigenvalue weighted by Gasteiger charge is -2.06. The average molecular weight is 153 g/mol. The normalized spacial score (nSPS) is 12.2. The number of Topliss-reactive ketones (excluding diaryl/α,β-unsaturated/α-hetero) is 1. The Morgan fingerprint density at radius 3 is 2.64 bits per heavy atom. The van der Waals surface area contributed by atoms with Gasteiger partial charge in [-0.2, -0.15) is 0 Å². The summed E-state index contributed by atoms with van der Waals surface area (Å²) in [5, 5.41) is 0. The lowest BCUT2D eigenvalue weighted by atomic mass is 10.0.